The second-order valence-corrected chi connectivity index (χ2v) is 6.50. The van der Waals surface area contributed by atoms with Gasteiger partial charge in [-0.25, -0.2) is 4.79 Å². The van der Waals surface area contributed by atoms with E-state index < -0.39 is 24.2 Å². The van der Waals surface area contributed by atoms with E-state index in [1.807, 2.05) is 0 Å². The summed E-state index contributed by atoms with van der Waals surface area (Å²) in [4.78, 5) is 24.2. The van der Waals surface area contributed by atoms with Gasteiger partial charge in [-0.05, 0) is 49.9 Å². The first kappa shape index (κ1) is 20.1. The summed E-state index contributed by atoms with van der Waals surface area (Å²) in [6, 6.07) is 4.39. The van der Waals surface area contributed by atoms with E-state index in [1.165, 1.54) is 6.92 Å². The number of nitrogens with one attached hydrogen (secondary N) is 1. The van der Waals surface area contributed by atoms with Gasteiger partial charge in [0.1, 0.15) is 5.75 Å². The van der Waals surface area contributed by atoms with Crippen LogP contribution in [-0.4, -0.2) is 30.4 Å². The van der Waals surface area contributed by atoms with Gasteiger partial charge in [0.2, 0.25) is 0 Å². The average Bonchev–Trinajstić information content (AvgIpc) is 2.56. The van der Waals surface area contributed by atoms with E-state index >= 15 is 0 Å². The van der Waals surface area contributed by atoms with Gasteiger partial charge in [-0.15, -0.1) is 13.2 Å². The van der Waals surface area contributed by atoms with Crippen LogP contribution in [0.1, 0.15) is 49.9 Å². The Bertz CT molecular complexity index is 630. The summed E-state index contributed by atoms with van der Waals surface area (Å²) in [5.41, 5.74) is 0.0326. The lowest BCUT2D eigenvalue weighted by molar-refractivity contribution is -0.274. The van der Waals surface area contributed by atoms with Crippen LogP contribution in [0.15, 0.2) is 24.3 Å². The quantitative estimate of drug-likeness (QED) is 0.797. The van der Waals surface area contributed by atoms with Gasteiger partial charge in [0.25, 0.3) is 5.91 Å². The molecule has 144 valence electrons. The van der Waals surface area contributed by atoms with Crippen molar-refractivity contribution >= 4 is 11.9 Å². The number of halogens is 3. The maximum atomic E-state index is 12.2. The van der Waals surface area contributed by atoms with Crippen molar-refractivity contribution in [3.05, 3.63) is 29.8 Å². The number of hydrogen-bond donors (Lipinski definition) is 1. The zero-order chi connectivity index (χ0) is 19.3. The first-order valence-electron chi connectivity index (χ1n) is 8.53. The van der Waals surface area contributed by atoms with Crippen molar-refractivity contribution in [1.82, 2.24) is 5.32 Å². The molecule has 2 rings (SSSR count). The average molecular weight is 373 g/mol. The van der Waals surface area contributed by atoms with E-state index in [0.717, 1.165) is 49.9 Å². The fourth-order valence-electron chi connectivity index (χ4n) is 2.91. The molecule has 1 aromatic carbocycles. The summed E-state index contributed by atoms with van der Waals surface area (Å²) in [6.45, 7) is 3.53. The molecule has 0 bridgehead atoms. The Morgan fingerprint density at radius 1 is 1.15 bits per heavy atom. The van der Waals surface area contributed by atoms with Crippen LogP contribution in [0.25, 0.3) is 0 Å². The first-order valence-corrected chi connectivity index (χ1v) is 8.53. The number of carbonyl (C=O) groups excluding carboxylic acids is 2. The van der Waals surface area contributed by atoms with Crippen LogP contribution < -0.4 is 10.1 Å². The van der Waals surface area contributed by atoms with Crippen molar-refractivity contribution in [2.24, 2.45) is 5.92 Å². The number of alkyl halides is 3. The van der Waals surface area contributed by atoms with Crippen LogP contribution in [0.5, 0.6) is 5.75 Å². The molecule has 1 N–H and O–H groups in total. The molecule has 26 heavy (non-hydrogen) atoms. The van der Waals surface area contributed by atoms with Gasteiger partial charge in [-0.2, -0.15) is 0 Å². The van der Waals surface area contributed by atoms with Gasteiger partial charge >= 0.3 is 12.3 Å². The van der Waals surface area contributed by atoms with Gasteiger partial charge in [-0.1, -0.05) is 19.8 Å². The van der Waals surface area contributed by atoms with Gasteiger partial charge in [0.05, 0.1) is 5.56 Å². The molecule has 1 fully saturated rings. The second-order valence-electron chi connectivity index (χ2n) is 6.50. The summed E-state index contributed by atoms with van der Waals surface area (Å²) in [5.74, 6) is -1.24. The van der Waals surface area contributed by atoms with E-state index in [2.05, 4.69) is 17.0 Å². The molecule has 5 nitrogen and oxygen atoms in total. The van der Waals surface area contributed by atoms with Crippen molar-refractivity contribution in [2.45, 2.75) is 58.0 Å². The molecule has 1 aliphatic rings. The number of ether oxygens (including phenoxy) is 2. The third kappa shape index (κ3) is 5.93. The molecule has 1 amide bonds. The largest absolute Gasteiger partial charge is 0.573 e. The highest BCUT2D eigenvalue weighted by Gasteiger charge is 2.31. The standard InChI is InChI=1S/C18H22F3NO4/c1-11-5-3-4-6-15(11)22-16(23)12(2)25-17(24)13-7-9-14(10-8-13)26-18(19,20)21/h7-12,15H,3-6H2,1-2H3,(H,22,23)/t11-,12+,15-/m0/s1. The maximum absolute atomic E-state index is 12.2. The van der Waals surface area contributed by atoms with Crippen LogP contribution in [0.3, 0.4) is 0 Å². The molecule has 0 aromatic heterocycles. The van der Waals surface area contributed by atoms with E-state index in [-0.39, 0.29) is 17.5 Å². The second kappa shape index (κ2) is 8.42. The van der Waals surface area contributed by atoms with Crippen LogP contribution >= 0.6 is 0 Å². The normalized spacial score (nSPS) is 21.6. The fourth-order valence-corrected chi connectivity index (χ4v) is 2.91. The van der Waals surface area contributed by atoms with Gasteiger partial charge < -0.3 is 14.8 Å². The third-order valence-electron chi connectivity index (χ3n) is 4.42. The highest BCUT2D eigenvalue weighted by Crippen LogP contribution is 2.24. The molecule has 0 saturated heterocycles. The summed E-state index contributed by atoms with van der Waals surface area (Å²) in [5, 5.41) is 2.90. The highest BCUT2D eigenvalue weighted by atomic mass is 19.4. The molecule has 8 heteroatoms. The number of carbonyl (C=O) groups is 2. The number of rotatable bonds is 5. The van der Waals surface area contributed by atoms with Crippen molar-refractivity contribution in [1.29, 1.82) is 0 Å². The molecule has 0 spiro atoms. The van der Waals surface area contributed by atoms with E-state index in [1.54, 1.807) is 0 Å². The first-order chi connectivity index (χ1) is 12.2. The minimum Gasteiger partial charge on any atom is -0.449 e. The highest BCUT2D eigenvalue weighted by molar-refractivity contribution is 5.92. The van der Waals surface area contributed by atoms with E-state index in [9.17, 15) is 22.8 Å². The van der Waals surface area contributed by atoms with Crippen LogP contribution in [-0.2, 0) is 9.53 Å². The Balaban J connectivity index is 1.88. The van der Waals surface area contributed by atoms with Crippen molar-refractivity contribution in [2.75, 3.05) is 0 Å². The molecule has 0 aliphatic heterocycles. The molecule has 3 atom stereocenters. The Morgan fingerprint density at radius 2 is 1.77 bits per heavy atom. The molecule has 0 radical (unpaired) electrons. The predicted octanol–water partition coefficient (Wildman–Crippen LogP) is 3.83. The summed E-state index contributed by atoms with van der Waals surface area (Å²) in [6.07, 6.45) is -1.66. The van der Waals surface area contributed by atoms with Crippen molar-refractivity contribution in [3.8, 4) is 5.75 Å². The van der Waals surface area contributed by atoms with Gasteiger partial charge in [-0.3, -0.25) is 4.79 Å². The van der Waals surface area contributed by atoms with Crippen LogP contribution in [0.4, 0.5) is 13.2 Å². The fraction of sp³-hybridized carbons (Fsp3) is 0.556. The lowest BCUT2D eigenvalue weighted by atomic mass is 9.86. The molecular weight excluding hydrogens is 351 g/mol. The molecule has 0 heterocycles. The third-order valence-corrected chi connectivity index (χ3v) is 4.42. The number of hydrogen-bond acceptors (Lipinski definition) is 4. The lowest BCUT2D eigenvalue weighted by Crippen LogP contribution is -2.45. The molecular formula is C18H22F3NO4. The summed E-state index contributed by atoms with van der Waals surface area (Å²) >= 11 is 0. The zero-order valence-corrected chi connectivity index (χ0v) is 14.6. The summed E-state index contributed by atoms with van der Waals surface area (Å²) < 4.78 is 45.2. The monoisotopic (exact) mass is 373 g/mol. The minimum absolute atomic E-state index is 0.0326. The summed E-state index contributed by atoms with van der Waals surface area (Å²) in [7, 11) is 0. The van der Waals surface area contributed by atoms with Crippen molar-refractivity contribution < 1.29 is 32.2 Å². The molecule has 1 saturated carbocycles. The molecule has 1 aromatic rings. The number of esters is 1. The smallest absolute Gasteiger partial charge is 0.449 e. The molecule has 1 aliphatic carbocycles. The Labute approximate surface area is 149 Å². The maximum Gasteiger partial charge on any atom is 0.573 e. The zero-order valence-electron chi connectivity index (χ0n) is 14.6. The topological polar surface area (TPSA) is 64.6 Å². The van der Waals surface area contributed by atoms with Gasteiger partial charge in [0, 0.05) is 6.04 Å². The number of benzene rings is 1. The Morgan fingerprint density at radius 3 is 2.35 bits per heavy atom. The SMILES string of the molecule is C[C@@H](OC(=O)c1ccc(OC(F)(F)F)cc1)C(=O)N[C@H]1CCCC[C@@H]1C. The minimum atomic E-state index is -4.80. The predicted molar refractivity (Wildman–Crippen MR) is 87.6 cm³/mol. The van der Waals surface area contributed by atoms with E-state index in [4.69, 9.17) is 4.74 Å². The Kier molecular flexibility index (Phi) is 6.50. The van der Waals surface area contributed by atoms with Crippen LogP contribution in [0.2, 0.25) is 0 Å². The molecule has 0 unspecified atom stereocenters. The van der Waals surface area contributed by atoms with Gasteiger partial charge in [0.15, 0.2) is 6.10 Å². The Hall–Kier alpha value is -2.25. The lowest BCUT2D eigenvalue weighted by Gasteiger charge is -2.30. The van der Waals surface area contributed by atoms with Crippen molar-refractivity contribution in [3.63, 3.8) is 0 Å². The van der Waals surface area contributed by atoms with E-state index in [0.29, 0.717) is 5.92 Å². The number of amides is 1. The van der Waals surface area contributed by atoms with Crippen LogP contribution in [0, 0.1) is 5.92 Å².